The Bertz CT molecular complexity index is 952. The predicted octanol–water partition coefficient (Wildman–Crippen LogP) is 6.48. The smallest absolute Gasteiger partial charge is 0.416 e. The maximum Gasteiger partial charge on any atom is 0.416 e. The second-order valence-corrected chi connectivity index (χ2v) is 6.97. The van der Waals surface area contributed by atoms with Crippen molar-refractivity contribution < 1.29 is 22.4 Å². The molecule has 0 saturated heterocycles. The zero-order chi connectivity index (χ0) is 18.9. The zero-order valence-electron chi connectivity index (χ0n) is 12.9. The van der Waals surface area contributed by atoms with Crippen LogP contribution < -0.4 is 5.32 Å². The average molecular weight is 492 g/mol. The van der Waals surface area contributed by atoms with E-state index < -0.39 is 17.6 Å². The Hall–Kier alpha value is -2.00. The molecule has 3 nitrogen and oxygen atoms in total. The number of nitrogens with one attached hydrogen (secondary N) is 1. The van der Waals surface area contributed by atoms with Gasteiger partial charge in [-0.05, 0) is 77.2 Å². The Morgan fingerprint density at radius 1 is 1.04 bits per heavy atom. The second kappa shape index (κ2) is 7.32. The minimum absolute atomic E-state index is 0.0352. The van der Waals surface area contributed by atoms with Crippen LogP contribution in [-0.4, -0.2) is 5.91 Å². The van der Waals surface area contributed by atoms with Crippen molar-refractivity contribution in [2.24, 2.45) is 0 Å². The molecule has 1 N–H and O–H groups in total. The van der Waals surface area contributed by atoms with E-state index in [1.807, 2.05) is 12.1 Å². The van der Waals surface area contributed by atoms with Crippen molar-refractivity contribution in [2.75, 3.05) is 5.32 Å². The Labute approximate surface area is 165 Å². The molecule has 1 aromatic heterocycles. The standard InChI is InChI=1S/C18H10ClF3INO2/c19-14-6-1-10(18(20,21)22)9-13(14)15-7-8-16(26-15)17(25)24-12-4-2-11(23)3-5-12/h1-9H,(H,24,25). The molecule has 0 aliphatic rings. The van der Waals surface area contributed by atoms with Gasteiger partial charge in [-0.1, -0.05) is 11.6 Å². The highest BCUT2D eigenvalue weighted by atomic mass is 127. The van der Waals surface area contributed by atoms with E-state index >= 15 is 0 Å². The minimum atomic E-state index is -4.50. The largest absolute Gasteiger partial charge is 0.451 e. The van der Waals surface area contributed by atoms with Gasteiger partial charge < -0.3 is 9.73 Å². The van der Waals surface area contributed by atoms with Crippen LogP contribution in [0.15, 0.2) is 59.0 Å². The number of halogens is 5. The van der Waals surface area contributed by atoms with E-state index in [2.05, 4.69) is 27.9 Å². The fraction of sp³-hybridized carbons (Fsp3) is 0.0556. The van der Waals surface area contributed by atoms with Gasteiger partial charge in [0.25, 0.3) is 5.91 Å². The van der Waals surface area contributed by atoms with Crippen molar-refractivity contribution in [1.82, 2.24) is 0 Å². The Balaban J connectivity index is 1.85. The van der Waals surface area contributed by atoms with Crippen LogP contribution in [0.2, 0.25) is 5.02 Å². The van der Waals surface area contributed by atoms with Gasteiger partial charge in [-0.3, -0.25) is 4.79 Å². The van der Waals surface area contributed by atoms with Gasteiger partial charge in [-0.25, -0.2) is 0 Å². The molecule has 1 heterocycles. The highest BCUT2D eigenvalue weighted by Crippen LogP contribution is 2.36. The summed E-state index contributed by atoms with van der Waals surface area (Å²) in [6.45, 7) is 0. The fourth-order valence-electron chi connectivity index (χ4n) is 2.22. The first-order valence-electron chi connectivity index (χ1n) is 7.28. The van der Waals surface area contributed by atoms with Crippen LogP contribution in [0.3, 0.4) is 0 Å². The third-order valence-corrected chi connectivity index (χ3v) is 4.54. The molecular weight excluding hydrogens is 482 g/mol. The normalized spacial score (nSPS) is 11.4. The lowest BCUT2D eigenvalue weighted by Gasteiger charge is -2.09. The van der Waals surface area contributed by atoms with E-state index in [1.54, 1.807) is 12.1 Å². The first-order chi connectivity index (χ1) is 12.2. The summed E-state index contributed by atoms with van der Waals surface area (Å²) >= 11 is 8.12. The SMILES string of the molecule is O=C(Nc1ccc(I)cc1)c1ccc(-c2cc(C(F)(F)F)ccc2Cl)o1. The molecule has 1 amide bonds. The molecule has 2 aromatic carbocycles. The molecule has 0 spiro atoms. The van der Waals surface area contributed by atoms with Gasteiger partial charge in [0, 0.05) is 14.8 Å². The van der Waals surface area contributed by atoms with E-state index in [9.17, 15) is 18.0 Å². The number of benzene rings is 2. The van der Waals surface area contributed by atoms with Gasteiger partial charge in [-0.2, -0.15) is 13.2 Å². The van der Waals surface area contributed by atoms with Crippen LogP contribution >= 0.6 is 34.2 Å². The Morgan fingerprint density at radius 3 is 2.38 bits per heavy atom. The van der Waals surface area contributed by atoms with Crippen LogP contribution in [0.5, 0.6) is 0 Å². The summed E-state index contributed by atoms with van der Waals surface area (Å²) in [6.07, 6.45) is -4.50. The number of hydrogen-bond donors (Lipinski definition) is 1. The molecule has 0 bridgehead atoms. The van der Waals surface area contributed by atoms with Crippen molar-refractivity contribution in [3.63, 3.8) is 0 Å². The maximum atomic E-state index is 12.9. The summed E-state index contributed by atoms with van der Waals surface area (Å²) in [4.78, 5) is 12.2. The average Bonchev–Trinajstić information content (AvgIpc) is 3.06. The van der Waals surface area contributed by atoms with Gasteiger partial charge >= 0.3 is 6.18 Å². The number of hydrogen-bond acceptors (Lipinski definition) is 2. The van der Waals surface area contributed by atoms with E-state index in [4.69, 9.17) is 16.0 Å². The Kier molecular flexibility index (Phi) is 5.29. The summed E-state index contributed by atoms with van der Waals surface area (Å²) in [5.41, 5.74) is -0.210. The molecule has 3 rings (SSSR count). The first kappa shape index (κ1) is 18.8. The van der Waals surface area contributed by atoms with Crippen LogP contribution in [0, 0.1) is 3.57 Å². The second-order valence-electron chi connectivity index (χ2n) is 5.32. The lowest BCUT2D eigenvalue weighted by Crippen LogP contribution is -2.10. The Morgan fingerprint density at radius 2 is 1.73 bits per heavy atom. The van der Waals surface area contributed by atoms with Crippen molar-refractivity contribution in [3.8, 4) is 11.3 Å². The summed E-state index contributed by atoms with van der Waals surface area (Å²) in [5, 5.41) is 2.75. The van der Waals surface area contributed by atoms with E-state index in [1.165, 1.54) is 12.1 Å². The lowest BCUT2D eigenvalue weighted by molar-refractivity contribution is -0.137. The van der Waals surface area contributed by atoms with Crippen molar-refractivity contribution >= 4 is 45.8 Å². The molecule has 0 fully saturated rings. The van der Waals surface area contributed by atoms with Gasteiger partial charge in [-0.15, -0.1) is 0 Å². The van der Waals surface area contributed by atoms with Crippen molar-refractivity contribution in [2.45, 2.75) is 6.18 Å². The van der Waals surface area contributed by atoms with Gasteiger partial charge in [0.2, 0.25) is 0 Å². The van der Waals surface area contributed by atoms with E-state index in [0.717, 1.165) is 21.8 Å². The molecule has 8 heteroatoms. The van der Waals surface area contributed by atoms with Crippen molar-refractivity contribution in [1.29, 1.82) is 0 Å². The molecule has 0 unspecified atom stereocenters. The highest BCUT2D eigenvalue weighted by molar-refractivity contribution is 14.1. The molecule has 0 aliphatic heterocycles. The quantitative estimate of drug-likeness (QED) is 0.426. The van der Waals surface area contributed by atoms with Gasteiger partial charge in [0.15, 0.2) is 5.76 Å². The number of carbonyl (C=O) groups is 1. The summed E-state index contributed by atoms with van der Waals surface area (Å²) in [5.74, 6) is -0.471. The number of rotatable bonds is 3. The molecule has 134 valence electrons. The van der Waals surface area contributed by atoms with Crippen molar-refractivity contribution in [3.05, 3.63) is 74.5 Å². The van der Waals surface area contributed by atoms with E-state index in [-0.39, 0.29) is 22.1 Å². The zero-order valence-corrected chi connectivity index (χ0v) is 15.8. The minimum Gasteiger partial charge on any atom is -0.451 e. The number of anilines is 1. The molecule has 0 radical (unpaired) electrons. The third-order valence-electron chi connectivity index (χ3n) is 3.49. The van der Waals surface area contributed by atoms with E-state index in [0.29, 0.717) is 5.69 Å². The summed E-state index contributed by atoms with van der Waals surface area (Å²) in [6, 6.07) is 12.8. The fourth-order valence-corrected chi connectivity index (χ4v) is 2.79. The molecular formula is C18H10ClF3INO2. The summed E-state index contributed by atoms with van der Waals surface area (Å²) in [7, 11) is 0. The van der Waals surface area contributed by atoms with Crippen LogP contribution in [0.4, 0.5) is 18.9 Å². The lowest BCUT2D eigenvalue weighted by atomic mass is 10.1. The van der Waals surface area contributed by atoms with Crippen LogP contribution in [-0.2, 0) is 6.18 Å². The monoisotopic (exact) mass is 491 g/mol. The summed E-state index contributed by atoms with van der Waals surface area (Å²) < 4.78 is 45.1. The molecule has 3 aromatic rings. The first-order valence-corrected chi connectivity index (χ1v) is 8.73. The van der Waals surface area contributed by atoms with Gasteiger partial charge in [0.1, 0.15) is 5.76 Å². The third kappa shape index (κ3) is 4.21. The number of carbonyl (C=O) groups excluding carboxylic acids is 1. The molecule has 0 atom stereocenters. The highest BCUT2D eigenvalue weighted by Gasteiger charge is 2.31. The maximum absolute atomic E-state index is 12.9. The predicted molar refractivity (Wildman–Crippen MR) is 101 cm³/mol. The molecule has 0 saturated carbocycles. The number of furan rings is 1. The number of alkyl halides is 3. The van der Waals surface area contributed by atoms with Crippen LogP contribution in [0.25, 0.3) is 11.3 Å². The number of amides is 1. The molecule has 26 heavy (non-hydrogen) atoms. The molecule has 0 aliphatic carbocycles. The topological polar surface area (TPSA) is 42.2 Å². The van der Waals surface area contributed by atoms with Crippen LogP contribution in [0.1, 0.15) is 16.1 Å². The van der Waals surface area contributed by atoms with Gasteiger partial charge in [0.05, 0.1) is 10.6 Å².